The van der Waals surface area contributed by atoms with Gasteiger partial charge in [0.2, 0.25) is 5.91 Å². The Morgan fingerprint density at radius 1 is 1.29 bits per heavy atom. The molecule has 0 radical (unpaired) electrons. The van der Waals surface area contributed by atoms with Crippen LogP contribution in [0.1, 0.15) is 19.8 Å². The summed E-state index contributed by atoms with van der Waals surface area (Å²) in [4.78, 5) is 16.2. The molecule has 1 aromatic carbocycles. The smallest absolute Gasteiger partial charge is 0.227 e. The predicted molar refractivity (Wildman–Crippen MR) is 82.6 cm³/mol. The van der Waals surface area contributed by atoms with Crippen LogP contribution in [-0.2, 0) is 4.79 Å². The second-order valence-corrected chi connectivity index (χ2v) is 5.49. The van der Waals surface area contributed by atoms with Gasteiger partial charge in [-0.15, -0.1) is 0 Å². The van der Waals surface area contributed by atoms with E-state index in [9.17, 15) is 9.18 Å². The number of carbonyl (C=O) groups excluding carboxylic acids is 1. The molecule has 0 saturated carbocycles. The number of rotatable bonds is 5. The second kappa shape index (κ2) is 7.41. The molecule has 4 nitrogen and oxygen atoms in total. The van der Waals surface area contributed by atoms with Crippen molar-refractivity contribution in [3.63, 3.8) is 0 Å². The first kappa shape index (κ1) is 15.8. The van der Waals surface area contributed by atoms with Gasteiger partial charge < -0.3 is 15.5 Å². The first-order chi connectivity index (χ1) is 10.2. The van der Waals surface area contributed by atoms with Crippen molar-refractivity contribution in [3.8, 4) is 0 Å². The van der Waals surface area contributed by atoms with Gasteiger partial charge in [0.25, 0.3) is 0 Å². The third-order valence-corrected chi connectivity index (χ3v) is 4.06. The molecule has 1 amide bonds. The number of anilines is 1. The van der Waals surface area contributed by atoms with E-state index in [0.717, 1.165) is 12.8 Å². The summed E-state index contributed by atoms with van der Waals surface area (Å²) in [7, 11) is 0. The van der Waals surface area contributed by atoms with Crippen molar-refractivity contribution in [1.29, 1.82) is 0 Å². The van der Waals surface area contributed by atoms with Gasteiger partial charge in [0.1, 0.15) is 5.82 Å². The number of nitrogens with two attached hydrogens (primary N) is 1. The second-order valence-electron chi connectivity index (χ2n) is 5.49. The fourth-order valence-electron chi connectivity index (χ4n) is 2.82. The molecule has 116 valence electrons. The minimum absolute atomic E-state index is 0.0741. The van der Waals surface area contributed by atoms with Gasteiger partial charge in [-0.25, -0.2) is 4.39 Å². The molecule has 21 heavy (non-hydrogen) atoms. The molecule has 1 aliphatic rings. The maximum absolute atomic E-state index is 13.8. The first-order valence-electron chi connectivity index (χ1n) is 7.65. The van der Waals surface area contributed by atoms with E-state index in [1.54, 1.807) is 12.1 Å². The van der Waals surface area contributed by atoms with E-state index >= 15 is 0 Å². The van der Waals surface area contributed by atoms with Crippen LogP contribution < -0.4 is 10.6 Å². The molecule has 5 heteroatoms. The van der Waals surface area contributed by atoms with E-state index in [2.05, 4.69) is 6.92 Å². The van der Waals surface area contributed by atoms with E-state index in [4.69, 9.17) is 5.73 Å². The number of carbonyl (C=O) groups is 1. The lowest BCUT2D eigenvalue weighted by Gasteiger charge is -2.37. The largest absolute Gasteiger partial charge is 0.366 e. The minimum Gasteiger partial charge on any atom is -0.366 e. The van der Waals surface area contributed by atoms with Crippen LogP contribution in [0.5, 0.6) is 0 Å². The zero-order valence-electron chi connectivity index (χ0n) is 12.6. The molecule has 1 fully saturated rings. The monoisotopic (exact) mass is 293 g/mol. The van der Waals surface area contributed by atoms with Crippen LogP contribution in [0.4, 0.5) is 10.1 Å². The molecule has 1 saturated heterocycles. The van der Waals surface area contributed by atoms with Crippen LogP contribution in [-0.4, -0.2) is 43.5 Å². The van der Waals surface area contributed by atoms with Gasteiger partial charge in [-0.3, -0.25) is 4.79 Å². The lowest BCUT2D eigenvalue weighted by atomic mass is 10.0. The molecular weight excluding hydrogens is 269 g/mol. The Morgan fingerprint density at radius 2 is 1.95 bits per heavy atom. The molecule has 2 rings (SSSR count). The summed E-state index contributed by atoms with van der Waals surface area (Å²) >= 11 is 0. The topological polar surface area (TPSA) is 49.6 Å². The minimum atomic E-state index is -0.205. The molecule has 1 heterocycles. The maximum Gasteiger partial charge on any atom is 0.227 e. The van der Waals surface area contributed by atoms with Crippen molar-refractivity contribution in [2.45, 2.75) is 19.8 Å². The fraction of sp³-hybridized carbons (Fsp3) is 0.562. The number of benzene rings is 1. The molecule has 0 bridgehead atoms. The lowest BCUT2D eigenvalue weighted by Crippen LogP contribution is -2.51. The highest BCUT2D eigenvalue weighted by Gasteiger charge is 2.26. The van der Waals surface area contributed by atoms with E-state index < -0.39 is 0 Å². The molecule has 1 aliphatic heterocycles. The zero-order valence-corrected chi connectivity index (χ0v) is 12.6. The highest BCUT2D eigenvalue weighted by Crippen LogP contribution is 2.21. The van der Waals surface area contributed by atoms with E-state index in [1.807, 2.05) is 15.9 Å². The maximum atomic E-state index is 13.8. The first-order valence-corrected chi connectivity index (χ1v) is 7.65. The quantitative estimate of drug-likeness (QED) is 0.901. The van der Waals surface area contributed by atoms with Crippen LogP contribution in [0.3, 0.4) is 0 Å². The average Bonchev–Trinajstić information content (AvgIpc) is 2.52. The third kappa shape index (κ3) is 3.73. The summed E-state index contributed by atoms with van der Waals surface area (Å²) in [5.41, 5.74) is 6.32. The summed E-state index contributed by atoms with van der Waals surface area (Å²) in [6, 6.07) is 6.78. The standard InChI is InChI=1S/C16H24FN3O/c1-2-5-13(12-18)16(21)20-10-8-19(9-11-20)15-7-4-3-6-14(15)17/h3-4,6-7,13H,2,5,8-12,18H2,1H3. The number of amides is 1. The van der Waals surface area contributed by atoms with Crippen molar-refractivity contribution in [1.82, 2.24) is 4.90 Å². The van der Waals surface area contributed by atoms with Crippen LogP contribution in [0.15, 0.2) is 24.3 Å². The van der Waals surface area contributed by atoms with Gasteiger partial charge in [0, 0.05) is 32.7 Å². The van der Waals surface area contributed by atoms with E-state index in [0.29, 0.717) is 38.4 Å². The van der Waals surface area contributed by atoms with Gasteiger partial charge in [-0.05, 0) is 18.6 Å². The Bertz CT molecular complexity index is 472. The van der Waals surface area contributed by atoms with Gasteiger partial charge in [0.05, 0.1) is 11.6 Å². The number of halogens is 1. The molecule has 0 aromatic heterocycles. The summed E-state index contributed by atoms with van der Waals surface area (Å²) < 4.78 is 13.8. The van der Waals surface area contributed by atoms with E-state index in [-0.39, 0.29) is 17.6 Å². The van der Waals surface area contributed by atoms with Crippen LogP contribution in [0.25, 0.3) is 0 Å². The van der Waals surface area contributed by atoms with Gasteiger partial charge in [0.15, 0.2) is 0 Å². The summed E-state index contributed by atoms with van der Waals surface area (Å²) in [5, 5.41) is 0. The van der Waals surface area contributed by atoms with Crippen molar-refractivity contribution in [3.05, 3.63) is 30.1 Å². The molecule has 0 aliphatic carbocycles. The molecule has 1 unspecified atom stereocenters. The molecule has 1 aromatic rings. The summed E-state index contributed by atoms with van der Waals surface area (Å²) in [5.74, 6) is -0.134. The molecule has 0 spiro atoms. The third-order valence-electron chi connectivity index (χ3n) is 4.06. The Balaban J connectivity index is 1.94. The number of nitrogens with zero attached hydrogens (tertiary/aromatic N) is 2. The summed E-state index contributed by atoms with van der Waals surface area (Å²) in [6.07, 6.45) is 1.80. The van der Waals surface area contributed by atoms with Crippen LogP contribution >= 0.6 is 0 Å². The molecule has 2 N–H and O–H groups in total. The van der Waals surface area contributed by atoms with Crippen LogP contribution in [0, 0.1) is 11.7 Å². The number of para-hydroxylation sites is 1. The Labute approximate surface area is 125 Å². The predicted octanol–water partition coefficient (Wildman–Crippen LogP) is 1.85. The summed E-state index contributed by atoms with van der Waals surface area (Å²) in [6.45, 7) is 5.05. The fourth-order valence-corrected chi connectivity index (χ4v) is 2.82. The zero-order chi connectivity index (χ0) is 15.2. The van der Waals surface area contributed by atoms with Gasteiger partial charge >= 0.3 is 0 Å². The van der Waals surface area contributed by atoms with Crippen molar-refractivity contribution < 1.29 is 9.18 Å². The normalized spacial score (nSPS) is 16.9. The average molecular weight is 293 g/mol. The van der Waals surface area contributed by atoms with Gasteiger partial charge in [-0.1, -0.05) is 25.5 Å². The van der Waals surface area contributed by atoms with Crippen molar-refractivity contribution in [2.75, 3.05) is 37.6 Å². The van der Waals surface area contributed by atoms with Crippen LogP contribution in [0.2, 0.25) is 0 Å². The number of piperazine rings is 1. The van der Waals surface area contributed by atoms with Crippen molar-refractivity contribution in [2.24, 2.45) is 11.7 Å². The van der Waals surface area contributed by atoms with Gasteiger partial charge in [-0.2, -0.15) is 0 Å². The van der Waals surface area contributed by atoms with Crippen molar-refractivity contribution >= 4 is 11.6 Å². The Hall–Kier alpha value is -1.62. The SMILES string of the molecule is CCCC(CN)C(=O)N1CCN(c2ccccc2F)CC1. The van der Waals surface area contributed by atoms with E-state index in [1.165, 1.54) is 6.07 Å². The highest BCUT2D eigenvalue weighted by molar-refractivity contribution is 5.79. The number of hydrogen-bond donors (Lipinski definition) is 1. The Kier molecular flexibility index (Phi) is 5.56. The molecule has 1 atom stereocenters. The number of hydrogen-bond acceptors (Lipinski definition) is 3. The highest BCUT2D eigenvalue weighted by atomic mass is 19.1. The Morgan fingerprint density at radius 3 is 2.52 bits per heavy atom. The molecular formula is C16H24FN3O. The lowest BCUT2D eigenvalue weighted by molar-refractivity contribution is -0.135.